The van der Waals surface area contributed by atoms with Crippen LogP contribution in [0.25, 0.3) is 0 Å². The van der Waals surface area contributed by atoms with Crippen molar-refractivity contribution in [3.63, 3.8) is 0 Å². The van der Waals surface area contributed by atoms with E-state index in [0.717, 1.165) is 24.2 Å². The molecule has 102 valence electrons. The minimum Gasteiger partial charge on any atom is -0.491 e. The van der Waals surface area contributed by atoms with Crippen molar-refractivity contribution < 1.29 is 14.3 Å². The van der Waals surface area contributed by atoms with Gasteiger partial charge in [-0.3, -0.25) is 4.79 Å². The number of carbonyl (C=O) groups is 1. The minimum absolute atomic E-state index is 0.0689. The molecule has 2 aliphatic rings. The summed E-state index contributed by atoms with van der Waals surface area (Å²) in [6, 6.07) is 5.80. The largest absolute Gasteiger partial charge is 0.491 e. The number of ether oxygens (including phenoxy) is 2. The van der Waals surface area contributed by atoms with Crippen molar-refractivity contribution in [2.24, 2.45) is 5.73 Å². The topological polar surface area (TPSA) is 73.6 Å². The molecule has 1 aliphatic carbocycles. The number of rotatable bonds is 4. The van der Waals surface area contributed by atoms with E-state index in [4.69, 9.17) is 15.2 Å². The number of carbonyl (C=O) groups excluding carboxylic acids is 1. The number of nitrogens with two attached hydrogens (primary N) is 1. The summed E-state index contributed by atoms with van der Waals surface area (Å²) in [5, 5.41) is 2.92. The summed E-state index contributed by atoms with van der Waals surface area (Å²) >= 11 is 0. The Morgan fingerprint density at radius 1 is 1.53 bits per heavy atom. The van der Waals surface area contributed by atoms with Gasteiger partial charge in [-0.2, -0.15) is 0 Å². The van der Waals surface area contributed by atoms with Crippen LogP contribution in [-0.4, -0.2) is 24.7 Å². The van der Waals surface area contributed by atoms with Crippen LogP contribution in [0.4, 0.5) is 0 Å². The van der Waals surface area contributed by atoms with Gasteiger partial charge in [-0.05, 0) is 31.9 Å². The zero-order valence-corrected chi connectivity index (χ0v) is 10.9. The molecule has 3 rings (SSSR count). The van der Waals surface area contributed by atoms with Crippen LogP contribution in [0.1, 0.15) is 31.4 Å². The summed E-state index contributed by atoms with van der Waals surface area (Å²) in [6.45, 7) is 2.24. The summed E-state index contributed by atoms with van der Waals surface area (Å²) in [5.74, 6) is 1.31. The Kier molecular flexibility index (Phi) is 3.06. The normalized spacial score (nSPS) is 22.3. The molecule has 2 atom stereocenters. The van der Waals surface area contributed by atoms with Crippen molar-refractivity contribution >= 4 is 5.91 Å². The van der Waals surface area contributed by atoms with E-state index in [9.17, 15) is 4.79 Å². The third kappa shape index (κ3) is 2.66. The summed E-state index contributed by atoms with van der Waals surface area (Å²) < 4.78 is 11.1. The lowest BCUT2D eigenvalue weighted by molar-refractivity contribution is -0.127. The second kappa shape index (κ2) is 4.74. The van der Waals surface area contributed by atoms with Gasteiger partial charge in [0.1, 0.15) is 18.1 Å². The van der Waals surface area contributed by atoms with Crippen LogP contribution in [-0.2, 0) is 4.79 Å². The van der Waals surface area contributed by atoms with Crippen molar-refractivity contribution in [3.05, 3.63) is 23.8 Å². The molecule has 0 radical (unpaired) electrons. The molecule has 1 aromatic carbocycles. The van der Waals surface area contributed by atoms with Crippen molar-refractivity contribution in [3.8, 4) is 11.5 Å². The highest BCUT2D eigenvalue weighted by molar-refractivity contribution is 5.81. The monoisotopic (exact) mass is 262 g/mol. The molecule has 1 amide bonds. The third-order valence-corrected chi connectivity index (χ3v) is 3.41. The number of fused-ring (bicyclic) bond motifs is 1. The average molecular weight is 262 g/mol. The zero-order valence-electron chi connectivity index (χ0n) is 10.9. The smallest absolute Gasteiger partial charge is 0.260 e. The Morgan fingerprint density at radius 2 is 2.32 bits per heavy atom. The zero-order chi connectivity index (χ0) is 13.4. The van der Waals surface area contributed by atoms with Gasteiger partial charge >= 0.3 is 0 Å². The van der Waals surface area contributed by atoms with Crippen LogP contribution in [0.2, 0.25) is 0 Å². The molecule has 0 aromatic heterocycles. The molecule has 3 N–H and O–H groups in total. The number of hydrogen-bond acceptors (Lipinski definition) is 4. The first kappa shape index (κ1) is 12.3. The van der Waals surface area contributed by atoms with Crippen molar-refractivity contribution in [2.45, 2.75) is 38.0 Å². The lowest BCUT2D eigenvalue weighted by Crippen LogP contribution is -2.37. The van der Waals surface area contributed by atoms with Gasteiger partial charge in [-0.25, -0.2) is 0 Å². The molecule has 1 aliphatic heterocycles. The summed E-state index contributed by atoms with van der Waals surface area (Å²) in [4.78, 5) is 11.8. The number of amides is 1. The molecule has 1 saturated carbocycles. The van der Waals surface area contributed by atoms with E-state index >= 15 is 0 Å². The first-order chi connectivity index (χ1) is 9.13. The van der Waals surface area contributed by atoms with E-state index in [0.29, 0.717) is 18.4 Å². The second-order valence-electron chi connectivity index (χ2n) is 5.16. The predicted octanol–water partition coefficient (Wildman–Crippen LogP) is 1.12. The Morgan fingerprint density at radius 3 is 3.05 bits per heavy atom. The molecule has 1 fully saturated rings. The standard InChI is InChI=1S/C14H18N2O3/c1-8(14(17)16-9-2-3-9)19-10-4-5-11-12(15)7-18-13(11)6-10/h4-6,8-9,12H,2-3,7,15H2,1H3,(H,16,17). The van der Waals surface area contributed by atoms with Gasteiger partial charge in [0.15, 0.2) is 6.10 Å². The molecule has 5 heteroatoms. The van der Waals surface area contributed by atoms with Crippen molar-refractivity contribution in [1.29, 1.82) is 0 Å². The van der Waals surface area contributed by atoms with E-state index in [-0.39, 0.29) is 11.9 Å². The van der Waals surface area contributed by atoms with Crippen LogP contribution in [0, 0.1) is 0 Å². The molecular weight excluding hydrogens is 244 g/mol. The number of benzene rings is 1. The van der Waals surface area contributed by atoms with E-state index in [1.54, 1.807) is 13.0 Å². The maximum Gasteiger partial charge on any atom is 0.260 e. The molecular formula is C14H18N2O3. The molecule has 1 aromatic rings. The summed E-state index contributed by atoms with van der Waals surface area (Å²) in [7, 11) is 0. The maximum atomic E-state index is 11.8. The van der Waals surface area contributed by atoms with E-state index in [1.807, 2.05) is 12.1 Å². The fraction of sp³-hybridized carbons (Fsp3) is 0.500. The van der Waals surface area contributed by atoms with E-state index in [2.05, 4.69) is 5.32 Å². The fourth-order valence-electron chi connectivity index (χ4n) is 2.09. The van der Waals surface area contributed by atoms with E-state index in [1.165, 1.54) is 0 Å². The lowest BCUT2D eigenvalue weighted by atomic mass is 10.1. The Labute approximate surface area is 112 Å². The summed E-state index contributed by atoms with van der Waals surface area (Å²) in [6.07, 6.45) is 1.64. The molecule has 1 heterocycles. The quantitative estimate of drug-likeness (QED) is 0.853. The van der Waals surface area contributed by atoms with Crippen LogP contribution in [0.5, 0.6) is 11.5 Å². The molecule has 2 unspecified atom stereocenters. The predicted molar refractivity (Wildman–Crippen MR) is 70.1 cm³/mol. The highest BCUT2D eigenvalue weighted by atomic mass is 16.5. The molecule has 0 saturated heterocycles. The van der Waals surface area contributed by atoms with Gasteiger partial charge in [0, 0.05) is 17.7 Å². The molecule has 5 nitrogen and oxygen atoms in total. The highest BCUT2D eigenvalue weighted by Crippen LogP contribution is 2.34. The number of hydrogen-bond donors (Lipinski definition) is 2. The van der Waals surface area contributed by atoms with Crippen LogP contribution >= 0.6 is 0 Å². The second-order valence-corrected chi connectivity index (χ2v) is 5.16. The SMILES string of the molecule is CC(Oc1ccc2c(c1)OCC2N)C(=O)NC1CC1. The Hall–Kier alpha value is -1.75. The first-order valence-corrected chi connectivity index (χ1v) is 6.63. The maximum absolute atomic E-state index is 11.8. The van der Waals surface area contributed by atoms with Crippen LogP contribution in [0.15, 0.2) is 18.2 Å². The number of nitrogens with one attached hydrogen (secondary N) is 1. The summed E-state index contributed by atoms with van der Waals surface area (Å²) in [5.41, 5.74) is 6.87. The Bertz CT molecular complexity index is 499. The lowest BCUT2D eigenvalue weighted by Gasteiger charge is -2.15. The fourth-order valence-corrected chi connectivity index (χ4v) is 2.09. The van der Waals surface area contributed by atoms with Gasteiger partial charge in [-0.15, -0.1) is 0 Å². The van der Waals surface area contributed by atoms with Gasteiger partial charge < -0.3 is 20.5 Å². The minimum atomic E-state index is -0.506. The van der Waals surface area contributed by atoms with Crippen molar-refractivity contribution in [1.82, 2.24) is 5.32 Å². The van der Waals surface area contributed by atoms with E-state index < -0.39 is 6.10 Å². The van der Waals surface area contributed by atoms with Gasteiger partial charge in [0.2, 0.25) is 0 Å². The average Bonchev–Trinajstić information content (AvgIpc) is 3.13. The third-order valence-electron chi connectivity index (χ3n) is 3.41. The molecule has 19 heavy (non-hydrogen) atoms. The van der Waals surface area contributed by atoms with Crippen molar-refractivity contribution in [2.75, 3.05) is 6.61 Å². The first-order valence-electron chi connectivity index (χ1n) is 6.63. The van der Waals surface area contributed by atoms with Gasteiger partial charge in [-0.1, -0.05) is 0 Å². The van der Waals surface area contributed by atoms with Crippen LogP contribution < -0.4 is 20.5 Å². The van der Waals surface area contributed by atoms with Gasteiger partial charge in [0.05, 0.1) is 6.04 Å². The molecule has 0 bridgehead atoms. The van der Waals surface area contributed by atoms with Crippen LogP contribution in [0.3, 0.4) is 0 Å². The van der Waals surface area contributed by atoms with Gasteiger partial charge in [0.25, 0.3) is 5.91 Å². The molecule has 0 spiro atoms. The Balaban J connectivity index is 1.64. The highest BCUT2D eigenvalue weighted by Gasteiger charge is 2.27.